The number of rotatable bonds is 5. The third-order valence-electron chi connectivity index (χ3n) is 4.51. The van der Waals surface area contributed by atoms with Gasteiger partial charge in [0, 0.05) is 26.2 Å². The van der Waals surface area contributed by atoms with E-state index >= 15 is 0 Å². The summed E-state index contributed by atoms with van der Waals surface area (Å²) in [7, 11) is 3.44. The van der Waals surface area contributed by atoms with Crippen LogP contribution in [-0.4, -0.2) is 56.6 Å². The molecule has 0 spiro atoms. The number of hydrogen-bond acceptors (Lipinski definition) is 3. The van der Waals surface area contributed by atoms with Crippen LogP contribution in [0.4, 0.5) is 0 Å². The van der Waals surface area contributed by atoms with Crippen molar-refractivity contribution in [3.63, 3.8) is 0 Å². The van der Waals surface area contributed by atoms with Gasteiger partial charge in [0.25, 0.3) is 0 Å². The molecule has 134 valence electrons. The molecule has 6 heteroatoms. The standard InChI is InChI=1S/C19H26N4O2/c1-20-19(21-13-18(24)22-16-6-7-16)23-10-8-14(9-11-23)15-4-3-5-17(12-15)25-2/h3-5,8,12,16H,6-7,9-11,13H2,1-2H3,(H,20,21)(H,22,24). The van der Waals surface area contributed by atoms with Gasteiger partial charge in [0.2, 0.25) is 5.91 Å². The van der Waals surface area contributed by atoms with Crippen LogP contribution < -0.4 is 15.4 Å². The lowest BCUT2D eigenvalue weighted by Crippen LogP contribution is -2.47. The number of aliphatic imine (C=N–C) groups is 1. The average Bonchev–Trinajstić information content (AvgIpc) is 3.46. The molecule has 2 N–H and O–H groups in total. The van der Waals surface area contributed by atoms with Gasteiger partial charge in [-0.3, -0.25) is 9.79 Å². The SMILES string of the molecule is CN=C(NCC(=O)NC1CC1)N1CC=C(c2cccc(OC)c2)CC1. The molecular weight excluding hydrogens is 316 g/mol. The lowest BCUT2D eigenvalue weighted by molar-refractivity contribution is -0.120. The Hall–Kier alpha value is -2.50. The minimum atomic E-state index is 0.0354. The van der Waals surface area contributed by atoms with E-state index in [0.717, 1.165) is 44.1 Å². The smallest absolute Gasteiger partial charge is 0.239 e. The first-order valence-electron chi connectivity index (χ1n) is 8.78. The van der Waals surface area contributed by atoms with E-state index in [9.17, 15) is 4.79 Å². The summed E-state index contributed by atoms with van der Waals surface area (Å²) in [6.45, 7) is 1.91. The van der Waals surface area contributed by atoms with Crippen LogP contribution in [0.5, 0.6) is 5.75 Å². The molecule has 0 radical (unpaired) electrons. The Morgan fingerprint density at radius 3 is 2.88 bits per heavy atom. The summed E-state index contributed by atoms with van der Waals surface area (Å²) in [5.74, 6) is 1.68. The lowest BCUT2D eigenvalue weighted by atomic mass is 9.99. The first-order valence-corrected chi connectivity index (χ1v) is 8.78. The number of methoxy groups -OCH3 is 1. The predicted molar refractivity (Wildman–Crippen MR) is 99.7 cm³/mol. The number of carbonyl (C=O) groups excluding carboxylic acids is 1. The highest BCUT2D eigenvalue weighted by Crippen LogP contribution is 2.25. The van der Waals surface area contributed by atoms with Crippen LogP contribution in [0.25, 0.3) is 5.57 Å². The summed E-state index contributed by atoms with van der Waals surface area (Å²) in [5.41, 5.74) is 2.52. The molecule has 3 rings (SSSR count). The fourth-order valence-corrected chi connectivity index (χ4v) is 2.94. The zero-order valence-corrected chi connectivity index (χ0v) is 14.9. The number of guanidine groups is 1. The molecule has 2 aliphatic rings. The highest BCUT2D eigenvalue weighted by atomic mass is 16.5. The molecule has 0 bridgehead atoms. The number of amides is 1. The summed E-state index contributed by atoms with van der Waals surface area (Å²) < 4.78 is 5.30. The van der Waals surface area contributed by atoms with Gasteiger partial charge < -0.3 is 20.3 Å². The van der Waals surface area contributed by atoms with E-state index in [4.69, 9.17) is 4.74 Å². The van der Waals surface area contributed by atoms with Crippen LogP contribution in [0.15, 0.2) is 35.3 Å². The number of carbonyl (C=O) groups is 1. The monoisotopic (exact) mass is 342 g/mol. The maximum Gasteiger partial charge on any atom is 0.239 e. The van der Waals surface area contributed by atoms with Crippen LogP contribution in [0.2, 0.25) is 0 Å². The molecule has 1 saturated carbocycles. The number of nitrogens with zero attached hydrogens (tertiary/aromatic N) is 2. The van der Waals surface area contributed by atoms with E-state index in [-0.39, 0.29) is 12.5 Å². The van der Waals surface area contributed by atoms with Crippen LogP contribution >= 0.6 is 0 Å². The maximum atomic E-state index is 11.8. The van der Waals surface area contributed by atoms with Gasteiger partial charge in [-0.15, -0.1) is 0 Å². The van der Waals surface area contributed by atoms with Crippen molar-refractivity contribution in [2.24, 2.45) is 4.99 Å². The van der Waals surface area contributed by atoms with Crippen molar-refractivity contribution >= 4 is 17.4 Å². The van der Waals surface area contributed by atoms with Crippen molar-refractivity contribution in [3.8, 4) is 5.75 Å². The van der Waals surface area contributed by atoms with E-state index < -0.39 is 0 Å². The molecule has 0 atom stereocenters. The van der Waals surface area contributed by atoms with Gasteiger partial charge in [0.05, 0.1) is 13.7 Å². The topological polar surface area (TPSA) is 66.0 Å². The highest BCUT2D eigenvalue weighted by molar-refractivity contribution is 5.87. The minimum Gasteiger partial charge on any atom is -0.497 e. The molecule has 1 aliphatic carbocycles. The largest absolute Gasteiger partial charge is 0.497 e. The number of ether oxygens (including phenoxy) is 1. The Labute approximate surface area is 149 Å². The summed E-state index contributed by atoms with van der Waals surface area (Å²) in [6.07, 6.45) is 5.35. The van der Waals surface area contributed by atoms with Gasteiger partial charge in [-0.1, -0.05) is 18.2 Å². The van der Waals surface area contributed by atoms with E-state index in [2.05, 4.69) is 38.7 Å². The third-order valence-corrected chi connectivity index (χ3v) is 4.51. The summed E-state index contributed by atoms with van der Waals surface area (Å²) >= 11 is 0. The Morgan fingerprint density at radius 2 is 2.24 bits per heavy atom. The minimum absolute atomic E-state index is 0.0354. The number of hydrogen-bond donors (Lipinski definition) is 2. The third kappa shape index (κ3) is 4.75. The molecule has 0 unspecified atom stereocenters. The van der Waals surface area contributed by atoms with Crippen molar-refractivity contribution in [3.05, 3.63) is 35.9 Å². The van der Waals surface area contributed by atoms with Crippen molar-refractivity contribution < 1.29 is 9.53 Å². The van der Waals surface area contributed by atoms with E-state index in [1.807, 2.05) is 12.1 Å². The number of nitrogens with one attached hydrogen (secondary N) is 2. The molecular formula is C19H26N4O2. The molecule has 1 fully saturated rings. The van der Waals surface area contributed by atoms with Gasteiger partial charge in [-0.25, -0.2) is 0 Å². The molecule has 1 aliphatic heterocycles. The predicted octanol–water partition coefficient (Wildman–Crippen LogP) is 1.64. The molecule has 1 aromatic carbocycles. The molecule has 1 heterocycles. The summed E-state index contributed by atoms with van der Waals surface area (Å²) in [5, 5.41) is 6.14. The lowest BCUT2D eigenvalue weighted by Gasteiger charge is -2.29. The average molecular weight is 342 g/mol. The summed E-state index contributed by atoms with van der Waals surface area (Å²) in [6, 6.07) is 8.54. The zero-order chi connectivity index (χ0) is 17.6. The second-order valence-electron chi connectivity index (χ2n) is 6.40. The van der Waals surface area contributed by atoms with Gasteiger partial charge in [-0.2, -0.15) is 0 Å². The Bertz CT molecular complexity index is 680. The Morgan fingerprint density at radius 1 is 1.40 bits per heavy atom. The molecule has 25 heavy (non-hydrogen) atoms. The fraction of sp³-hybridized carbons (Fsp3) is 0.474. The van der Waals surface area contributed by atoms with Crippen molar-refractivity contribution in [2.75, 3.05) is 33.8 Å². The molecule has 0 aromatic heterocycles. The first-order chi connectivity index (χ1) is 12.2. The summed E-state index contributed by atoms with van der Waals surface area (Å²) in [4.78, 5) is 18.3. The molecule has 6 nitrogen and oxygen atoms in total. The molecule has 1 aromatic rings. The quantitative estimate of drug-likeness (QED) is 0.631. The van der Waals surface area contributed by atoms with Crippen molar-refractivity contribution in [2.45, 2.75) is 25.3 Å². The Kier molecular flexibility index (Phi) is 5.58. The highest BCUT2D eigenvalue weighted by Gasteiger charge is 2.23. The second kappa shape index (κ2) is 8.05. The zero-order valence-electron chi connectivity index (χ0n) is 14.9. The van der Waals surface area contributed by atoms with Gasteiger partial charge in [-0.05, 0) is 42.5 Å². The Balaban J connectivity index is 1.55. The van der Waals surface area contributed by atoms with Crippen LogP contribution in [0, 0.1) is 0 Å². The van der Waals surface area contributed by atoms with Crippen molar-refractivity contribution in [1.82, 2.24) is 15.5 Å². The van der Waals surface area contributed by atoms with Crippen LogP contribution in [0.1, 0.15) is 24.8 Å². The maximum absolute atomic E-state index is 11.8. The fourth-order valence-electron chi connectivity index (χ4n) is 2.94. The van der Waals surface area contributed by atoms with Crippen LogP contribution in [-0.2, 0) is 4.79 Å². The number of benzene rings is 1. The van der Waals surface area contributed by atoms with E-state index in [1.54, 1.807) is 14.2 Å². The molecule has 1 amide bonds. The second-order valence-corrected chi connectivity index (χ2v) is 6.40. The first kappa shape index (κ1) is 17.3. The van der Waals surface area contributed by atoms with Crippen molar-refractivity contribution in [1.29, 1.82) is 0 Å². The van der Waals surface area contributed by atoms with E-state index in [0.29, 0.717) is 6.04 Å². The normalized spacial score (nSPS) is 17.8. The van der Waals surface area contributed by atoms with E-state index in [1.165, 1.54) is 11.1 Å². The van der Waals surface area contributed by atoms with Gasteiger partial charge in [0.15, 0.2) is 5.96 Å². The van der Waals surface area contributed by atoms with Crippen LogP contribution in [0.3, 0.4) is 0 Å². The molecule has 0 saturated heterocycles. The van der Waals surface area contributed by atoms with Gasteiger partial charge >= 0.3 is 0 Å². The van der Waals surface area contributed by atoms with Gasteiger partial charge in [0.1, 0.15) is 5.75 Å².